The third kappa shape index (κ3) is 4.02. The van der Waals surface area contributed by atoms with Crippen molar-refractivity contribution in [1.82, 2.24) is 24.3 Å². The molecule has 0 saturated carbocycles. The van der Waals surface area contributed by atoms with Crippen LogP contribution in [-0.4, -0.2) is 50.3 Å². The molecule has 182 valence electrons. The minimum absolute atomic E-state index is 0.0635. The van der Waals surface area contributed by atoms with Gasteiger partial charge in [0.2, 0.25) is 0 Å². The topological polar surface area (TPSA) is 126 Å². The van der Waals surface area contributed by atoms with E-state index in [0.29, 0.717) is 63.6 Å². The van der Waals surface area contributed by atoms with Gasteiger partial charge in [0.1, 0.15) is 16.7 Å². The summed E-state index contributed by atoms with van der Waals surface area (Å²) in [5.41, 5.74) is 9.49. The molecule has 0 spiro atoms. The van der Waals surface area contributed by atoms with E-state index in [1.807, 2.05) is 13.2 Å². The lowest BCUT2D eigenvalue weighted by Gasteiger charge is -2.30. The molecule has 4 aromatic rings. The van der Waals surface area contributed by atoms with Crippen molar-refractivity contribution in [2.24, 2.45) is 17.8 Å². The highest BCUT2D eigenvalue weighted by Crippen LogP contribution is 2.38. The highest BCUT2D eigenvalue weighted by Gasteiger charge is 2.29. The molecule has 0 radical (unpaired) electrons. The summed E-state index contributed by atoms with van der Waals surface area (Å²) >= 11 is 6.60. The summed E-state index contributed by atoms with van der Waals surface area (Å²) in [6.07, 6.45) is 8.72. The van der Waals surface area contributed by atoms with E-state index in [1.165, 1.54) is 6.20 Å². The van der Waals surface area contributed by atoms with Crippen LogP contribution >= 0.6 is 11.6 Å². The van der Waals surface area contributed by atoms with Crippen LogP contribution in [0.5, 0.6) is 0 Å². The summed E-state index contributed by atoms with van der Waals surface area (Å²) in [5.74, 6) is 0. The maximum absolute atomic E-state index is 13.5. The predicted molar refractivity (Wildman–Crippen MR) is 136 cm³/mol. The molecule has 1 aliphatic heterocycles. The van der Waals surface area contributed by atoms with Gasteiger partial charge in [0.25, 0.3) is 0 Å². The van der Waals surface area contributed by atoms with E-state index < -0.39 is 5.69 Å². The number of nitrogens with zero attached hydrogens (tertiary/aromatic N) is 6. The van der Waals surface area contributed by atoms with E-state index in [4.69, 9.17) is 31.5 Å². The van der Waals surface area contributed by atoms with E-state index >= 15 is 0 Å². The zero-order valence-corrected chi connectivity index (χ0v) is 20.5. The monoisotopic (exact) mass is 495 g/mol. The molecule has 4 aromatic heterocycles. The summed E-state index contributed by atoms with van der Waals surface area (Å²) in [4.78, 5) is 26.8. The molecular formula is C24H26ClN7O3. The van der Waals surface area contributed by atoms with Crippen molar-refractivity contribution in [1.29, 1.82) is 0 Å². The van der Waals surface area contributed by atoms with Crippen LogP contribution in [0.1, 0.15) is 37.9 Å². The molecule has 1 aliphatic rings. The first-order valence-electron chi connectivity index (χ1n) is 11.5. The Kier molecular flexibility index (Phi) is 6.16. The first-order chi connectivity index (χ1) is 16.9. The molecule has 2 N–H and O–H groups in total. The van der Waals surface area contributed by atoms with Gasteiger partial charge in [-0.25, -0.2) is 9.78 Å². The van der Waals surface area contributed by atoms with Gasteiger partial charge in [0.15, 0.2) is 11.2 Å². The Morgan fingerprint density at radius 3 is 2.91 bits per heavy atom. The van der Waals surface area contributed by atoms with Crippen molar-refractivity contribution in [2.75, 3.05) is 13.7 Å². The number of fused-ring (bicyclic) bond motifs is 3. The molecule has 35 heavy (non-hydrogen) atoms. The standard InChI is InChI=1S/C24H26ClN7O3/c1-4-16-7-15(5-6-34-16)32-22-21-18(8-17(25)19(29-21)14-11-28-31(3)12-14)35-23(22)20(30-24(32)33)13(9-26)10-27-2/h8-12,15-16H,4-7,26H2,1-3H3/t15-,16-/m0/s1. The summed E-state index contributed by atoms with van der Waals surface area (Å²) in [6.45, 7) is 2.64. The Morgan fingerprint density at radius 2 is 2.23 bits per heavy atom. The van der Waals surface area contributed by atoms with Crippen molar-refractivity contribution < 1.29 is 9.15 Å². The van der Waals surface area contributed by atoms with E-state index in [2.05, 4.69) is 22.0 Å². The smallest absolute Gasteiger partial charge is 0.349 e. The lowest BCUT2D eigenvalue weighted by atomic mass is 10.0. The molecular weight excluding hydrogens is 470 g/mol. The molecule has 1 fully saturated rings. The fourth-order valence-electron chi connectivity index (χ4n) is 4.65. The van der Waals surface area contributed by atoms with Crippen molar-refractivity contribution >= 4 is 45.6 Å². The van der Waals surface area contributed by atoms with Crippen LogP contribution in [0.25, 0.3) is 39.0 Å². The van der Waals surface area contributed by atoms with Crippen LogP contribution < -0.4 is 11.4 Å². The number of ether oxygens (including phenoxy) is 1. The van der Waals surface area contributed by atoms with Crippen molar-refractivity contribution in [3.63, 3.8) is 0 Å². The molecule has 11 heteroatoms. The molecule has 0 bridgehead atoms. The average Bonchev–Trinajstić information content (AvgIpc) is 3.44. The lowest BCUT2D eigenvalue weighted by Crippen LogP contribution is -2.34. The highest BCUT2D eigenvalue weighted by atomic mass is 35.5. The Hall–Kier alpha value is -3.50. The highest BCUT2D eigenvalue weighted by molar-refractivity contribution is 6.34. The normalized spacial score (nSPS) is 19.4. The summed E-state index contributed by atoms with van der Waals surface area (Å²) in [6, 6.07) is 1.60. The van der Waals surface area contributed by atoms with Crippen LogP contribution in [-0.2, 0) is 11.8 Å². The van der Waals surface area contributed by atoms with E-state index in [9.17, 15) is 4.79 Å². The van der Waals surface area contributed by atoms with Crippen LogP contribution in [0, 0.1) is 0 Å². The van der Waals surface area contributed by atoms with Gasteiger partial charge in [-0.05, 0) is 19.3 Å². The van der Waals surface area contributed by atoms with Crippen LogP contribution in [0.2, 0.25) is 5.02 Å². The Labute approximate surface area is 206 Å². The SMILES string of the molecule is CC[C@H]1C[C@@H](n2c(=O)nc(C(C=NC)=CN)c3oc4cc(Cl)c(-c5cnn(C)c5)nc4c32)CCO1. The number of allylic oxidation sites excluding steroid dienone is 1. The summed E-state index contributed by atoms with van der Waals surface area (Å²) < 4.78 is 15.5. The molecule has 0 aliphatic carbocycles. The number of pyridine rings is 1. The number of hydrogen-bond acceptors (Lipinski definition) is 8. The molecule has 5 heterocycles. The molecule has 1 saturated heterocycles. The second-order valence-electron chi connectivity index (χ2n) is 8.55. The largest absolute Gasteiger partial charge is 0.450 e. The Bertz CT molecular complexity index is 1530. The molecule has 10 nitrogen and oxygen atoms in total. The van der Waals surface area contributed by atoms with Gasteiger partial charge in [-0.1, -0.05) is 18.5 Å². The second-order valence-corrected chi connectivity index (χ2v) is 8.96. The zero-order valence-electron chi connectivity index (χ0n) is 19.7. The molecule has 5 rings (SSSR count). The molecule has 0 amide bonds. The number of aryl methyl sites for hydroxylation is 1. The van der Waals surface area contributed by atoms with Crippen LogP contribution in [0.4, 0.5) is 0 Å². The van der Waals surface area contributed by atoms with Gasteiger partial charge in [-0.2, -0.15) is 10.1 Å². The molecule has 0 aromatic carbocycles. The minimum Gasteiger partial charge on any atom is -0.450 e. The van der Waals surface area contributed by atoms with Gasteiger partial charge in [0.05, 0.1) is 23.0 Å². The summed E-state index contributed by atoms with van der Waals surface area (Å²) in [5, 5.41) is 4.65. The first-order valence-corrected chi connectivity index (χ1v) is 11.8. The van der Waals surface area contributed by atoms with E-state index in [-0.39, 0.29) is 12.1 Å². The van der Waals surface area contributed by atoms with E-state index in [1.54, 1.807) is 34.8 Å². The quantitative estimate of drug-likeness (QED) is 0.418. The number of rotatable bonds is 5. The molecule has 0 unspecified atom stereocenters. The second kappa shape index (κ2) is 9.27. The molecule has 2 atom stereocenters. The number of hydrogen-bond donors (Lipinski definition) is 1. The number of aliphatic imine (C=N–C) groups is 1. The van der Waals surface area contributed by atoms with Crippen LogP contribution in [0.3, 0.4) is 0 Å². The number of nitrogens with two attached hydrogens (primary N) is 1. The zero-order chi connectivity index (χ0) is 24.7. The third-order valence-electron chi connectivity index (χ3n) is 6.32. The van der Waals surface area contributed by atoms with Crippen molar-refractivity contribution in [3.05, 3.63) is 45.9 Å². The Balaban J connectivity index is 1.85. The first kappa shape index (κ1) is 23.3. The number of furan rings is 1. The van der Waals surface area contributed by atoms with Gasteiger partial charge in [-0.15, -0.1) is 0 Å². The number of aromatic nitrogens is 5. The predicted octanol–water partition coefficient (Wildman–Crippen LogP) is 3.72. The maximum atomic E-state index is 13.5. The van der Waals surface area contributed by atoms with Gasteiger partial charge in [0, 0.05) is 62.6 Å². The number of halogens is 1. The fraction of sp³-hybridized carbons (Fsp3) is 0.375. The van der Waals surface area contributed by atoms with E-state index in [0.717, 1.165) is 12.0 Å². The van der Waals surface area contributed by atoms with Gasteiger partial charge < -0.3 is 14.9 Å². The maximum Gasteiger partial charge on any atom is 0.349 e. The fourth-order valence-corrected chi connectivity index (χ4v) is 4.90. The van der Waals surface area contributed by atoms with Gasteiger partial charge >= 0.3 is 5.69 Å². The van der Waals surface area contributed by atoms with Crippen LogP contribution in [0.15, 0.2) is 38.9 Å². The Morgan fingerprint density at radius 1 is 1.40 bits per heavy atom. The third-order valence-corrected chi connectivity index (χ3v) is 6.61. The van der Waals surface area contributed by atoms with Crippen molar-refractivity contribution in [2.45, 2.75) is 38.3 Å². The summed E-state index contributed by atoms with van der Waals surface area (Å²) in [7, 11) is 3.44. The van der Waals surface area contributed by atoms with Gasteiger partial charge in [-0.3, -0.25) is 14.2 Å². The van der Waals surface area contributed by atoms with Crippen molar-refractivity contribution in [3.8, 4) is 11.3 Å². The average molecular weight is 496 g/mol. The minimum atomic E-state index is -0.402. The lowest BCUT2D eigenvalue weighted by molar-refractivity contribution is -0.00711.